The SMILES string of the molecule is CC(C)(C)OC(=O)NCC(C)(CI)OC(C)(C)C. The highest BCUT2D eigenvalue weighted by molar-refractivity contribution is 14.1. The van der Waals surface area contributed by atoms with Gasteiger partial charge in [-0.3, -0.25) is 0 Å². The van der Waals surface area contributed by atoms with Gasteiger partial charge in [-0.2, -0.15) is 0 Å². The average Bonchev–Trinajstić information content (AvgIpc) is 2.09. The van der Waals surface area contributed by atoms with Gasteiger partial charge in [0.05, 0.1) is 17.7 Å². The third-order valence-electron chi connectivity index (χ3n) is 1.84. The molecule has 0 heterocycles. The third kappa shape index (κ3) is 8.97. The van der Waals surface area contributed by atoms with Crippen molar-refractivity contribution in [1.82, 2.24) is 5.32 Å². The van der Waals surface area contributed by atoms with E-state index in [0.29, 0.717) is 6.54 Å². The molecule has 0 aliphatic heterocycles. The molecular weight excluding hydrogens is 345 g/mol. The van der Waals surface area contributed by atoms with Crippen molar-refractivity contribution in [1.29, 1.82) is 0 Å². The Morgan fingerprint density at radius 1 is 1.06 bits per heavy atom. The van der Waals surface area contributed by atoms with Gasteiger partial charge < -0.3 is 14.8 Å². The molecule has 0 aromatic rings. The molecule has 0 saturated carbocycles. The van der Waals surface area contributed by atoms with E-state index < -0.39 is 17.3 Å². The lowest BCUT2D eigenvalue weighted by molar-refractivity contribution is -0.106. The zero-order valence-electron chi connectivity index (χ0n) is 12.5. The summed E-state index contributed by atoms with van der Waals surface area (Å²) in [5.41, 5.74) is -1.11. The molecule has 0 aromatic heterocycles. The van der Waals surface area contributed by atoms with Crippen molar-refractivity contribution in [3.63, 3.8) is 0 Å². The first-order valence-corrected chi connectivity index (χ1v) is 7.62. The molecule has 108 valence electrons. The van der Waals surface area contributed by atoms with Gasteiger partial charge in [0.1, 0.15) is 5.60 Å². The normalized spacial score (nSPS) is 16.0. The van der Waals surface area contributed by atoms with Crippen LogP contribution in [0, 0.1) is 0 Å². The topological polar surface area (TPSA) is 47.6 Å². The van der Waals surface area contributed by atoms with Gasteiger partial charge in [0.15, 0.2) is 0 Å². The monoisotopic (exact) mass is 371 g/mol. The molecule has 0 spiro atoms. The predicted octanol–water partition coefficient (Wildman–Crippen LogP) is 3.52. The van der Waals surface area contributed by atoms with Gasteiger partial charge in [-0.15, -0.1) is 0 Å². The van der Waals surface area contributed by atoms with Gasteiger partial charge in [-0.05, 0) is 48.5 Å². The molecule has 1 amide bonds. The van der Waals surface area contributed by atoms with E-state index in [9.17, 15) is 4.79 Å². The van der Waals surface area contributed by atoms with Gasteiger partial charge in [-0.1, -0.05) is 22.6 Å². The van der Waals surface area contributed by atoms with E-state index in [1.165, 1.54) is 0 Å². The van der Waals surface area contributed by atoms with Crippen LogP contribution in [0.3, 0.4) is 0 Å². The zero-order valence-corrected chi connectivity index (χ0v) is 14.7. The van der Waals surface area contributed by atoms with Gasteiger partial charge in [-0.25, -0.2) is 4.79 Å². The Balaban J connectivity index is 4.35. The molecule has 4 nitrogen and oxygen atoms in total. The van der Waals surface area contributed by atoms with E-state index in [2.05, 4.69) is 27.9 Å². The molecule has 0 aliphatic carbocycles. The van der Waals surface area contributed by atoms with E-state index in [-0.39, 0.29) is 5.60 Å². The number of rotatable bonds is 4. The molecule has 0 fully saturated rings. The fourth-order valence-electron chi connectivity index (χ4n) is 1.42. The second-order valence-corrected chi connectivity index (χ2v) is 7.42. The van der Waals surface area contributed by atoms with Crippen LogP contribution in [0.2, 0.25) is 0 Å². The summed E-state index contributed by atoms with van der Waals surface area (Å²) in [6.07, 6.45) is -0.406. The Hall–Kier alpha value is -0.0400. The van der Waals surface area contributed by atoms with Crippen LogP contribution in [0.1, 0.15) is 48.5 Å². The maximum absolute atomic E-state index is 11.6. The summed E-state index contributed by atoms with van der Waals surface area (Å²) in [5, 5.41) is 2.76. The minimum Gasteiger partial charge on any atom is -0.444 e. The minimum absolute atomic E-state index is 0.241. The molecule has 0 rings (SSSR count). The number of carbonyl (C=O) groups excluding carboxylic acids is 1. The minimum atomic E-state index is -0.476. The van der Waals surface area contributed by atoms with Gasteiger partial charge in [0.2, 0.25) is 0 Å². The highest BCUT2D eigenvalue weighted by Crippen LogP contribution is 2.22. The van der Waals surface area contributed by atoms with Gasteiger partial charge in [0.25, 0.3) is 0 Å². The van der Waals surface area contributed by atoms with E-state index in [1.54, 1.807) is 0 Å². The van der Waals surface area contributed by atoms with Crippen molar-refractivity contribution in [3.8, 4) is 0 Å². The number of amides is 1. The van der Waals surface area contributed by atoms with E-state index >= 15 is 0 Å². The summed E-state index contributed by atoms with van der Waals surface area (Å²) in [5.74, 6) is 0. The Morgan fingerprint density at radius 2 is 1.56 bits per heavy atom. The lowest BCUT2D eigenvalue weighted by Crippen LogP contribution is -2.48. The maximum atomic E-state index is 11.6. The van der Waals surface area contributed by atoms with Crippen LogP contribution in [0.25, 0.3) is 0 Å². The highest BCUT2D eigenvalue weighted by Gasteiger charge is 2.30. The summed E-state index contributed by atoms with van der Waals surface area (Å²) in [6.45, 7) is 14.0. The number of nitrogens with one attached hydrogen (secondary N) is 1. The fraction of sp³-hybridized carbons (Fsp3) is 0.923. The molecule has 5 heteroatoms. The summed E-state index contributed by atoms with van der Waals surface area (Å²) in [4.78, 5) is 11.6. The van der Waals surface area contributed by atoms with Crippen molar-refractivity contribution >= 4 is 28.7 Å². The van der Waals surface area contributed by atoms with Crippen molar-refractivity contribution in [2.45, 2.75) is 65.3 Å². The molecule has 1 N–H and O–H groups in total. The van der Waals surface area contributed by atoms with Crippen LogP contribution >= 0.6 is 22.6 Å². The molecule has 1 unspecified atom stereocenters. The van der Waals surface area contributed by atoms with Crippen molar-refractivity contribution in [3.05, 3.63) is 0 Å². The first-order valence-electron chi connectivity index (χ1n) is 6.10. The van der Waals surface area contributed by atoms with Crippen molar-refractivity contribution in [2.24, 2.45) is 0 Å². The average molecular weight is 371 g/mol. The summed E-state index contributed by atoms with van der Waals surface area (Å²) < 4.78 is 12.0. The first-order chi connectivity index (χ1) is 7.87. The number of alkyl halides is 1. The molecule has 0 bridgehead atoms. The Morgan fingerprint density at radius 3 is 1.89 bits per heavy atom. The number of halogens is 1. The van der Waals surface area contributed by atoms with Gasteiger partial charge >= 0.3 is 6.09 Å². The second-order valence-electron chi connectivity index (χ2n) is 6.65. The summed E-state index contributed by atoms with van der Waals surface area (Å²) >= 11 is 2.26. The third-order valence-corrected chi connectivity index (χ3v) is 3.45. The first kappa shape index (κ1) is 18.0. The van der Waals surface area contributed by atoms with Crippen LogP contribution in [0.4, 0.5) is 4.79 Å². The van der Waals surface area contributed by atoms with Crippen LogP contribution in [0.5, 0.6) is 0 Å². The van der Waals surface area contributed by atoms with Crippen LogP contribution < -0.4 is 5.32 Å². The molecular formula is C13H26INO3. The number of ether oxygens (including phenoxy) is 2. The Labute approximate surface area is 124 Å². The van der Waals surface area contributed by atoms with Crippen LogP contribution in [0.15, 0.2) is 0 Å². The van der Waals surface area contributed by atoms with Crippen molar-refractivity contribution < 1.29 is 14.3 Å². The largest absolute Gasteiger partial charge is 0.444 e. The van der Waals surface area contributed by atoms with E-state index in [0.717, 1.165) is 4.43 Å². The Bertz CT molecular complexity index is 281. The lowest BCUT2D eigenvalue weighted by Gasteiger charge is -2.35. The number of hydrogen-bond donors (Lipinski definition) is 1. The highest BCUT2D eigenvalue weighted by atomic mass is 127. The molecule has 0 saturated heterocycles. The van der Waals surface area contributed by atoms with Crippen molar-refractivity contribution in [2.75, 3.05) is 11.0 Å². The van der Waals surface area contributed by atoms with Gasteiger partial charge in [0, 0.05) is 4.43 Å². The summed E-state index contributed by atoms with van der Waals surface area (Å²) in [6, 6.07) is 0. The lowest BCUT2D eigenvalue weighted by atomic mass is 10.1. The Kier molecular flexibility index (Phi) is 6.40. The molecule has 0 aromatic carbocycles. The van der Waals surface area contributed by atoms with E-state index in [4.69, 9.17) is 9.47 Å². The zero-order chi connectivity index (χ0) is 14.6. The summed E-state index contributed by atoms with van der Waals surface area (Å²) in [7, 11) is 0. The standard InChI is InChI=1S/C13H26INO3/c1-11(2,3)17-10(16)15-9-13(7,8-14)18-12(4,5)6/h8-9H2,1-7H3,(H,15,16). The number of alkyl carbamates (subject to hydrolysis) is 1. The smallest absolute Gasteiger partial charge is 0.407 e. The molecule has 0 radical (unpaired) electrons. The number of hydrogen-bond acceptors (Lipinski definition) is 3. The maximum Gasteiger partial charge on any atom is 0.407 e. The molecule has 0 aliphatic rings. The fourth-order valence-corrected chi connectivity index (χ4v) is 1.85. The van der Waals surface area contributed by atoms with Crippen LogP contribution in [-0.2, 0) is 9.47 Å². The van der Waals surface area contributed by atoms with Crippen LogP contribution in [-0.4, -0.2) is 33.9 Å². The number of carbonyl (C=O) groups is 1. The second kappa shape index (κ2) is 6.41. The molecule has 18 heavy (non-hydrogen) atoms. The molecule has 1 atom stereocenters. The quantitative estimate of drug-likeness (QED) is 0.608. The predicted molar refractivity (Wildman–Crippen MR) is 82.4 cm³/mol. The van der Waals surface area contributed by atoms with E-state index in [1.807, 2.05) is 48.5 Å².